The molecule has 1 amide bonds. The van der Waals surface area contributed by atoms with Crippen LogP contribution in [0.3, 0.4) is 0 Å². The number of aromatic carboxylic acids is 1. The lowest BCUT2D eigenvalue weighted by Gasteiger charge is -2.10. The number of nitrogens with zero attached hydrogens (tertiary/aromatic N) is 1. The number of carbonyl (C=O) groups is 2. The summed E-state index contributed by atoms with van der Waals surface area (Å²) < 4.78 is 0. The highest BCUT2D eigenvalue weighted by Gasteiger charge is 2.21. The summed E-state index contributed by atoms with van der Waals surface area (Å²) in [7, 11) is 0. The first-order valence-electron chi connectivity index (χ1n) is 9.33. The van der Waals surface area contributed by atoms with E-state index in [1.165, 1.54) is 12.1 Å². The Morgan fingerprint density at radius 2 is 1.63 bits per heavy atom. The highest BCUT2D eigenvalue weighted by Crippen LogP contribution is 2.26. The molecular formula is C23H18ClN3O3. The Morgan fingerprint density at radius 1 is 0.967 bits per heavy atom. The Labute approximate surface area is 178 Å². The molecule has 0 aromatic heterocycles. The van der Waals surface area contributed by atoms with Crippen LogP contribution < -0.4 is 10.7 Å². The standard InChI is InChI=1S/C23H18ClN3O3/c24-16-9-5-14(6-10-16)20-13-21(27-26-20)15-7-11-17(12-8-15)25-22(28)18-3-1-2-4-19(18)23(29)30/h1-12,20,26H,13H2,(H,25,28)(H,29,30). The number of hydrazone groups is 1. The fraction of sp³-hybridized carbons (Fsp3) is 0.0870. The van der Waals surface area contributed by atoms with Crippen LogP contribution in [-0.4, -0.2) is 22.7 Å². The number of hydrogen-bond donors (Lipinski definition) is 3. The van der Waals surface area contributed by atoms with Gasteiger partial charge >= 0.3 is 5.97 Å². The van der Waals surface area contributed by atoms with Gasteiger partial charge in [0.05, 0.1) is 22.9 Å². The SMILES string of the molecule is O=C(O)c1ccccc1C(=O)Nc1ccc(C2=NNC(c3ccc(Cl)cc3)C2)cc1. The molecule has 3 aromatic carbocycles. The van der Waals surface area contributed by atoms with E-state index >= 15 is 0 Å². The molecular weight excluding hydrogens is 402 g/mol. The van der Waals surface area contributed by atoms with Crippen molar-refractivity contribution in [2.45, 2.75) is 12.5 Å². The molecule has 1 unspecified atom stereocenters. The van der Waals surface area contributed by atoms with E-state index < -0.39 is 11.9 Å². The van der Waals surface area contributed by atoms with E-state index in [1.54, 1.807) is 24.3 Å². The molecule has 3 N–H and O–H groups in total. The van der Waals surface area contributed by atoms with Crippen molar-refractivity contribution >= 4 is 34.9 Å². The van der Waals surface area contributed by atoms with Crippen molar-refractivity contribution < 1.29 is 14.7 Å². The quantitative estimate of drug-likeness (QED) is 0.557. The van der Waals surface area contributed by atoms with E-state index in [0.717, 1.165) is 23.3 Å². The maximum Gasteiger partial charge on any atom is 0.336 e. The largest absolute Gasteiger partial charge is 0.478 e. The third-order valence-electron chi connectivity index (χ3n) is 4.90. The molecule has 6 nitrogen and oxygen atoms in total. The van der Waals surface area contributed by atoms with Crippen LogP contribution >= 0.6 is 11.6 Å². The molecule has 150 valence electrons. The van der Waals surface area contributed by atoms with Crippen molar-refractivity contribution in [3.8, 4) is 0 Å². The second kappa shape index (κ2) is 8.39. The fourth-order valence-electron chi connectivity index (χ4n) is 3.32. The Morgan fingerprint density at radius 3 is 2.30 bits per heavy atom. The minimum atomic E-state index is -1.14. The Kier molecular flexibility index (Phi) is 5.50. The van der Waals surface area contributed by atoms with Gasteiger partial charge in [-0.1, -0.05) is 48.0 Å². The molecule has 0 radical (unpaired) electrons. The van der Waals surface area contributed by atoms with E-state index in [0.29, 0.717) is 10.7 Å². The first-order chi connectivity index (χ1) is 14.5. The number of carboxylic acids is 1. The summed E-state index contributed by atoms with van der Waals surface area (Å²) >= 11 is 5.95. The number of hydrogen-bond acceptors (Lipinski definition) is 4. The highest BCUT2D eigenvalue weighted by molar-refractivity contribution is 6.30. The van der Waals surface area contributed by atoms with Crippen LogP contribution in [0.2, 0.25) is 5.02 Å². The Bertz CT molecular complexity index is 1130. The van der Waals surface area contributed by atoms with Gasteiger partial charge in [-0.15, -0.1) is 0 Å². The van der Waals surface area contributed by atoms with Crippen molar-refractivity contribution in [2.75, 3.05) is 5.32 Å². The zero-order valence-electron chi connectivity index (χ0n) is 15.8. The lowest BCUT2D eigenvalue weighted by atomic mass is 9.99. The second-order valence-electron chi connectivity index (χ2n) is 6.88. The molecule has 1 aliphatic heterocycles. The van der Waals surface area contributed by atoms with Crippen LogP contribution in [0.1, 0.15) is 44.3 Å². The minimum absolute atomic E-state index is 0.0359. The molecule has 30 heavy (non-hydrogen) atoms. The van der Waals surface area contributed by atoms with E-state index in [9.17, 15) is 14.7 Å². The lowest BCUT2D eigenvalue weighted by Crippen LogP contribution is -2.16. The molecule has 1 aliphatic rings. The number of carboxylic acid groups (broad SMARTS) is 1. The van der Waals surface area contributed by atoms with Gasteiger partial charge < -0.3 is 15.8 Å². The smallest absolute Gasteiger partial charge is 0.336 e. The molecule has 4 rings (SSSR count). The highest BCUT2D eigenvalue weighted by atomic mass is 35.5. The number of benzene rings is 3. The van der Waals surface area contributed by atoms with Gasteiger partial charge in [0, 0.05) is 17.1 Å². The molecule has 0 spiro atoms. The molecule has 0 bridgehead atoms. The van der Waals surface area contributed by atoms with Crippen molar-refractivity contribution in [3.05, 3.63) is 100 Å². The van der Waals surface area contributed by atoms with Crippen molar-refractivity contribution in [1.29, 1.82) is 0 Å². The topological polar surface area (TPSA) is 90.8 Å². The van der Waals surface area contributed by atoms with Crippen LogP contribution in [0, 0.1) is 0 Å². The fourth-order valence-corrected chi connectivity index (χ4v) is 3.45. The predicted molar refractivity (Wildman–Crippen MR) is 116 cm³/mol. The summed E-state index contributed by atoms with van der Waals surface area (Å²) in [6.07, 6.45) is 0.735. The van der Waals surface area contributed by atoms with Gasteiger partial charge in [-0.3, -0.25) is 4.79 Å². The number of carbonyl (C=O) groups excluding carboxylic acids is 1. The van der Waals surface area contributed by atoms with Gasteiger partial charge in [-0.2, -0.15) is 5.10 Å². The first-order valence-corrected chi connectivity index (χ1v) is 9.71. The normalized spacial score (nSPS) is 15.2. The molecule has 1 atom stereocenters. The molecule has 3 aromatic rings. The van der Waals surface area contributed by atoms with Crippen LogP contribution in [0.25, 0.3) is 0 Å². The van der Waals surface area contributed by atoms with Gasteiger partial charge in [0.2, 0.25) is 0 Å². The summed E-state index contributed by atoms with van der Waals surface area (Å²) in [5, 5.41) is 17.1. The number of nitrogens with one attached hydrogen (secondary N) is 2. The van der Waals surface area contributed by atoms with E-state index in [1.807, 2.05) is 36.4 Å². The Hall–Kier alpha value is -3.64. The van der Waals surface area contributed by atoms with Gasteiger partial charge in [0.1, 0.15) is 0 Å². The average molecular weight is 420 g/mol. The van der Waals surface area contributed by atoms with Gasteiger partial charge in [0.25, 0.3) is 5.91 Å². The zero-order chi connectivity index (χ0) is 21.1. The predicted octanol–water partition coefficient (Wildman–Crippen LogP) is 4.73. The van der Waals surface area contributed by atoms with Crippen LogP contribution in [-0.2, 0) is 0 Å². The summed E-state index contributed by atoms with van der Waals surface area (Å²) in [4.78, 5) is 23.8. The van der Waals surface area contributed by atoms with Gasteiger partial charge in [-0.05, 0) is 47.5 Å². The number of amides is 1. The molecule has 0 saturated heterocycles. The van der Waals surface area contributed by atoms with Gasteiger partial charge in [-0.25, -0.2) is 4.79 Å². The molecule has 0 saturated carbocycles. The maximum absolute atomic E-state index is 12.5. The number of rotatable bonds is 5. The third-order valence-corrected chi connectivity index (χ3v) is 5.16. The van der Waals surface area contributed by atoms with Crippen molar-refractivity contribution in [1.82, 2.24) is 5.43 Å². The summed E-state index contributed by atoms with van der Waals surface area (Å²) in [6, 6.07) is 21.2. The summed E-state index contributed by atoms with van der Waals surface area (Å²) in [5.74, 6) is -1.61. The molecule has 1 heterocycles. The van der Waals surface area contributed by atoms with Crippen LogP contribution in [0.5, 0.6) is 0 Å². The monoisotopic (exact) mass is 419 g/mol. The second-order valence-corrected chi connectivity index (χ2v) is 7.31. The molecule has 0 fully saturated rings. The zero-order valence-corrected chi connectivity index (χ0v) is 16.6. The average Bonchev–Trinajstić information content (AvgIpc) is 3.25. The van der Waals surface area contributed by atoms with E-state index in [-0.39, 0.29) is 17.2 Å². The maximum atomic E-state index is 12.5. The first kappa shape index (κ1) is 19.7. The van der Waals surface area contributed by atoms with E-state index in [4.69, 9.17) is 11.6 Å². The number of halogens is 1. The van der Waals surface area contributed by atoms with Crippen LogP contribution in [0.15, 0.2) is 77.9 Å². The number of anilines is 1. The summed E-state index contributed by atoms with van der Waals surface area (Å²) in [5.41, 5.74) is 6.78. The van der Waals surface area contributed by atoms with Gasteiger partial charge in [0.15, 0.2) is 0 Å². The summed E-state index contributed by atoms with van der Waals surface area (Å²) in [6.45, 7) is 0. The molecule has 0 aliphatic carbocycles. The lowest BCUT2D eigenvalue weighted by molar-refractivity contribution is 0.0692. The Balaban J connectivity index is 1.43. The van der Waals surface area contributed by atoms with Crippen LogP contribution in [0.4, 0.5) is 5.69 Å². The third kappa shape index (κ3) is 4.18. The van der Waals surface area contributed by atoms with Crippen molar-refractivity contribution in [3.63, 3.8) is 0 Å². The molecule has 7 heteroatoms. The van der Waals surface area contributed by atoms with Crippen molar-refractivity contribution in [2.24, 2.45) is 5.10 Å². The van der Waals surface area contributed by atoms with E-state index in [2.05, 4.69) is 15.8 Å². The minimum Gasteiger partial charge on any atom is -0.478 e.